The summed E-state index contributed by atoms with van der Waals surface area (Å²) in [6.07, 6.45) is 9.95. The van der Waals surface area contributed by atoms with E-state index in [4.69, 9.17) is 0 Å². The highest BCUT2D eigenvalue weighted by Gasteiger charge is 2.18. The molecule has 2 rings (SSSR count). The minimum Gasteiger partial charge on any atom is -0.313 e. The van der Waals surface area contributed by atoms with Gasteiger partial charge in [0.25, 0.3) is 0 Å². The SMILES string of the molecule is CNC(CC1CCCCCC1)c1cccc(C)c1. The quantitative estimate of drug-likeness (QED) is 0.763. The Labute approximate surface area is 112 Å². The van der Waals surface area contributed by atoms with Gasteiger partial charge < -0.3 is 5.32 Å². The summed E-state index contributed by atoms with van der Waals surface area (Å²) in [4.78, 5) is 0. The Morgan fingerprint density at radius 3 is 2.50 bits per heavy atom. The third kappa shape index (κ3) is 3.84. The van der Waals surface area contributed by atoms with E-state index in [0.29, 0.717) is 6.04 Å². The summed E-state index contributed by atoms with van der Waals surface area (Å²) in [5.74, 6) is 0.922. The van der Waals surface area contributed by atoms with Crippen molar-refractivity contribution in [1.82, 2.24) is 5.32 Å². The van der Waals surface area contributed by atoms with Crippen molar-refractivity contribution in [3.8, 4) is 0 Å². The first-order chi connectivity index (χ1) is 8.79. The molecule has 0 amide bonds. The summed E-state index contributed by atoms with van der Waals surface area (Å²) < 4.78 is 0. The molecule has 1 heteroatoms. The molecule has 0 aromatic heterocycles. The monoisotopic (exact) mass is 245 g/mol. The van der Waals surface area contributed by atoms with Gasteiger partial charge in [-0.05, 0) is 31.9 Å². The summed E-state index contributed by atoms with van der Waals surface area (Å²) in [5, 5.41) is 3.51. The van der Waals surface area contributed by atoms with Crippen molar-refractivity contribution < 1.29 is 0 Å². The number of hydrogen-bond donors (Lipinski definition) is 1. The van der Waals surface area contributed by atoms with Gasteiger partial charge in [-0.1, -0.05) is 68.4 Å². The van der Waals surface area contributed by atoms with Crippen molar-refractivity contribution in [2.45, 2.75) is 57.9 Å². The van der Waals surface area contributed by atoms with Crippen LogP contribution in [0, 0.1) is 12.8 Å². The van der Waals surface area contributed by atoms with Gasteiger partial charge in [0.05, 0.1) is 0 Å². The molecule has 0 saturated heterocycles. The highest BCUT2D eigenvalue weighted by Crippen LogP contribution is 2.31. The van der Waals surface area contributed by atoms with Gasteiger partial charge in [-0.25, -0.2) is 0 Å². The lowest BCUT2D eigenvalue weighted by Gasteiger charge is -2.23. The maximum atomic E-state index is 3.51. The molecule has 1 nitrogen and oxygen atoms in total. The second-order valence-electron chi connectivity index (χ2n) is 5.85. The van der Waals surface area contributed by atoms with E-state index in [1.165, 1.54) is 56.1 Å². The summed E-state index contributed by atoms with van der Waals surface area (Å²) in [5.41, 5.74) is 2.83. The van der Waals surface area contributed by atoms with Gasteiger partial charge in [-0.3, -0.25) is 0 Å². The van der Waals surface area contributed by atoms with Crippen LogP contribution in [0.15, 0.2) is 24.3 Å². The fourth-order valence-corrected chi connectivity index (χ4v) is 3.24. The fraction of sp³-hybridized carbons (Fsp3) is 0.647. The average Bonchev–Trinajstić information content (AvgIpc) is 2.64. The van der Waals surface area contributed by atoms with Gasteiger partial charge in [0, 0.05) is 6.04 Å². The van der Waals surface area contributed by atoms with Crippen molar-refractivity contribution in [2.24, 2.45) is 5.92 Å². The standard InChI is InChI=1S/C17H27N/c1-14-8-7-11-16(12-14)17(18-2)13-15-9-5-3-4-6-10-15/h7-8,11-12,15,17-18H,3-6,9-10,13H2,1-2H3. The maximum Gasteiger partial charge on any atom is 0.0320 e. The average molecular weight is 245 g/mol. The van der Waals surface area contributed by atoms with Crippen LogP contribution < -0.4 is 5.32 Å². The molecule has 1 N–H and O–H groups in total. The van der Waals surface area contributed by atoms with Gasteiger partial charge in [0.1, 0.15) is 0 Å². The van der Waals surface area contributed by atoms with Crippen LogP contribution in [-0.2, 0) is 0 Å². The van der Waals surface area contributed by atoms with Crippen LogP contribution in [0.1, 0.15) is 62.1 Å². The van der Waals surface area contributed by atoms with E-state index in [2.05, 4.69) is 43.6 Å². The lowest BCUT2D eigenvalue weighted by Crippen LogP contribution is -2.20. The van der Waals surface area contributed by atoms with Gasteiger partial charge in [-0.2, -0.15) is 0 Å². The van der Waals surface area contributed by atoms with Gasteiger partial charge in [0.2, 0.25) is 0 Å². The Hall–Kier alpha value is -0.820. The molecule has 0 aliphatic heterocycles. The Bertz CT molecular complexity index is 350. The second kappa shape index (κ2) is 6.94. The van der Waals surface area contributed by atoms with Crippen LogP contribution in [0.4, 0.5) is 0 Å². The highest BCUT2D eigenvalue weighted by atomic mass is 14.9. The fourth-order valence-electron chi connectivity index (χ4n) is 3.24. The van der Waals surface area contributed by atoms with Gasteiger partial charge >= 0.3 is 0 Å². The molecule has 1 aromatic carbocycles. The molecule has 1 atom stereocenters. The molecule has 0 spiro atoms. The molecular weight excluding hydrogens is 218 g/mol. The topological polar surface area (TPSA) is 12.0 Å². The molecule has 1 aliphatic carbocycles. The van der Waals surface area contributed by atoms with E-state index in [-0.39, 0.29) is 0 Å². The lowest BCUT2D eigenvalue weighted by molar-refractivity contribution is 0.368. The Morgan fingerprint density at radius 2 is 1.89 bits per heavy atom. The van der Waals surface area contributed by atoms with Crippen LogP contribution in [0.5, 0.6) is 0 Å². The Balaban J connectivity index is 1.99. The smallest absolute Gasteiger partial charge is 0.0320 e. The predicted molar refractivity (Wildman–Crippen MR) is 78.8 cm³/mol. The summed E-state index contributed by atoms with van der Waals surface area (Å²) in [6, 6.07) is 9.50. The van der Waals surface area contributed by atoms with Gasteiger partial charge in [0.15, 0.2) is 0 Å². The molecule has 1 aromatic rings. The minimum absolute atomic E-state index is 0.535. The van der Waals surface area contributed by atoms with Crippen molar-refractivity contribution in [3.05, 3.63) is 35.4 Å². The molecule has 1 unspecified atom stereocenters. The minimum atomic E-state index is 0.535. The van der Waals surface area contributed by atoms with Crippen LogP contribution in [0.3, 0.4) is 0 Å². The molecule has 1 fully saturated rings. The van der Waals surface area contributed by atoms with Crippen molar-refractivity contribution >= 4 is 0 Å². The maximum absolute atomic E-state index is 3.51. The first kappa shape index (κ1) is 13.6. The molecule has 1 aliphatic rings. The van der Waals surface area contributed by atoms with Crippen molar-refractivity contribution in [2.75, 3.05) is 7.05 Å². The number of rotatable bonds is 4. The summed E-state index contributed by atoms with van der Waals surface area (Å²) in [7, 11) is 2.10. The zero-order chi connectivity index (χ0) is 12.8. The van der Waals surface area contributed by atoms with E-state index in [1.807, 2.05) is 0 Å². The van der Waals surface area contributed by atoms with E-state index in [9.17, 15) is 0 Å². The molecular formula is C17H27N. The largest absolute Gasteiger partial charge is 0.313 e. The molecule has 0 heterocycles. The zero-order valence-electron chi connectivity index (χ0n) is 11.9. The van der Waals surface area contributed by atoms with Gasteiger partial charge in [-0.15, -0.1) is 0 Å². The predicted octanol–water partition coefficient (Wildman–Crippen LogP) is 4.62. The van der Waals surface area contributed by atoms with E-state index in [0.717, 1.165) is 5.92 Å². The summed E-state index contributed by atoms with van der Waals surface area (Å²) >= 11 is 0. The molecule has 1 saturated carbocycles. The lowest BCUT2D eigenvalue weighted by atomic mass is 9.89. The van der Waals surface area contributed by atoms with E-state index < -0.39 is 0 Å². The second-order valence-corrected chi connectivity index (χ2v) is 5.85. The van der Waals surface area contributed by atoms with Crippen LogP contribution in [0.2, 0.25) is 0 Å². The first-order valence-corrected chi connectivity index (χ1v) is 7.53. The Kier molecular flexibility index (Phi) is 5.25. The third-order valence-electron chi connectivity index (χ3n) is 4.34. The van der Waals surface area contributed by atoms with E-state index >= 15 is 0 Å². The van der Waals surface area contributed by atoms with Crippen LogP contribution in [-0.4, -0.2) is 7.05 Å². The van der Waals surface area contributed by atoms with Crippen molar-refractivity contribution in [3.63, 3.8) is 0 Å². The van der Waals surface area contributed by atoms with Crippen molar-refractivity contribution in [1.29, 1.82) is 0 Å². The number of hydrogen-bond acceptors (Lipinski definition) is 1. The molecule has 100 valence electrons. The molecule has 18 heavy (non-hydrogen) atoms. The number of nitrogens with one attached hydrogen (secondary N) is 1. The summed E-state index contributed by atoms with van der Waals surface area (Å²) in [6.45, 7) is 2.18. The van der Waals surface area contributed by atoms with Crippen LogP contribution in [0.25, 0.3) is 0 Å². The highest BCUT2D eigenvalue weighted by molar-refractivity contribution is 5.25. The third-order valence-corrected chi connectivity index (χ3v) is 4.34. The molecule has 0 bridgehead atoms. The Morgan fingerprint density at radius 1 is 1.17 bits per heavy atom. The normalized spacial score (nSPS) is 19.4. The van der Waals surface area contributed by atoms with E-state index in [1.54, 1.807) is 0 Å². The molecule has 0 radical (unpaired) electrons. The zero-order valence-corrected chi connectivity index (χ0v) is 11.9. The first-order valence-electron chi connectivity index (χ1n) is 7.53. The number of aryl methyl sites for hydroxylation is 1. The number of benzene rings is 1. The van der Waals surface area contributed by atoms with Crippen LogP contribution >= 0.6 is 0 Å².